The van der Waals surface area contributed by atoms with E-state index in [0.29, 0.717) is 14.1 Å². The molecule has 0 atom stereocenters. The number of halogens is 2. The Morgan fingerprint density at radius 2 is 2.09 bits per heavy atom. The molecule has 22 heavy (non-hydrogen) atoms. The molecule has 0 aliphatic rings. The number of carbonyl (C=O) groups excluding carboxylic acids is 1. The van der Waals surface area contributed by atoms with E-state index in [1.54, 1.807) is 23.7 Å². The Bertz CT molecular complexity index is 764. The molecule has 0 bridgehead atoms. The first-order chi connectivity index (χ1) is 10.4. The van der Waals surface area contributed by atoms with E-state index in [1.165, 1.54) is 17.4 Å². The molecule has 0 unspecified atom stereocenters. The van der Waals surface area contributed by atoms with Crippen molar-refractivity contribution in [2.45, 2.75) is 11.3 Å². The molecule has 2 N–H and O–H groups in total. The lowest BCUT2D eigenvalue weighted by atomic mass is 10.4. The number of hydrogen-bond acceptors (Lipinski definition) is 5. The Morgan fingerprint density at radius 3 is 2.77 bits per heavy atom. The zero-order valence-electron chi connectivity index (χ0n) is 11.0. The molecule has 0 fully saturated rings. The van der Waals surface area contributed by atoms with Gasteiger partial charge in [0, 0.05) is 33.5 Å². The lowest BCUT2D eigenvalue weighted by Gasteiger charge is -2.08. The number of nitrogens with zero attached hydrogens (tertiary/aromatic N) is 1. The summed E-state index contributed by atoms with van der Waals surface area (Å²) in [5.41, 5.74) is 0. The summed E-state index contributed by atoms with van der Waals surface area (Å²) in [5.74, 6) is -0.300. The molecular weight excluding hydrogens is 458 g/mol. The molecule has 118 valence electrons. The standard InChI is InChI=1S/C12H11Br2N3O3S2/c13-8-1-2-9(14)10(7-8)22(19,20)16-4-3-11(18)17-12-15-5-6-21-12/h1-2,5-7,16H,3-4H2,(H,15,17,18). The molecule has 1 aromatic heterocycles. The Balaban J connectivity index is 1.92. The van der Waals surface area contributed by atoms with E-state index in [4.69, 9.17) is 0 Å². The number of aromatic nitrogens is 1. The molecule has 0 saturated carbocycles. The van der Waals surface area contributed by atoms with Crippen LogP contribution in [-0.2, 0) is 14.8 Å². The van der Waals surface area contributed by atoms with E-state index >= 15 is 0 Å². The van der Waals surface area contributed by atoms with Gasteiger partial charge in [-0.3, -0.25) is 4.79 Å². The maximum absolute atomic E-state index is 12.2. The maximum Gasteiger partial charge on any atom is 0.241 e. The van der Waals surface area contributed by atoms with E-state index in [2.05, 4.69) is 46.9 Å². The Labute approximate surface area is 148 Å². The van der Waals surface area contributed by atoms with E-state index in [-0.39, 0.29) is 23.8 Å². The van der Waals surface area contributed by atoms with Crippen molar-refractivity contribution < 1.29 is 13.2 Å². The largest absolute Gasteiger partial charge is 0.302 e. The molecule has 1 aromatic carbocycles. The van der Waals surface area contributed by atoms with Gasteiger partial charge in [0.05, 0.1) is 4.90 Å². The van der Waals surface area contributed by atoms with Crippen LogP contribution in [0.25, 0.3) is 0 Å². The smallest absolute Gasteiger partial charge is 0.241 e. The van der Waals surface area contributed by atoms with E-state index in [1.807, 2.05) is 0 Å². The van der Waals surface area contributed by atoms with E-state index < -0.39 is 10.0 Å². The van der Waals surface area contributed by atoms with Gasteiger partial charge in [-0.05, 0) is 34.1 Å². The summed E-state index contributed by atoms with van der Waals surface area (Å²) in [6.07, 6.45) is 1.60. The average molecular weight is 469 g/mol. The number of benzene rings is 1. The van der Waals surface area contributed by atoms with Crippen LogP contribution in [0.1, 0.15) is 6.42 Å². The van der Waals surface area contributed by atoms with Gasteiger partial charge >= 0.3 is 0 Å². The number of carbonyl (C=O) groups is 1. The zero-order valence-corrected chi connectivity index (χ0v) is 15.9. The fraction of sp³-hybridized carbons (Fsp3) is 0.167. The van der Waals surface area contributed by atoms with Crippen LogP contribution in [0.4, 0.5) is 5.13 Å². The van der Waals surface area contributed by atoms with Crippen molar-refractivity contribution in [1.82, 2.24) is 9.71 Å². The summed E-state index contributed by atoms with van der Waals surface area (Å²) >= 11 is 7.73. The third-order valence-corrected chi connectivity index (χ3v) is 6.14. The number of thiazole rings is 1. The molecule has 10 heteroatoms. The summed E-state index contributed by atoms with van der Waals surface area (Å²) < 4.78 is 27.9. The van der Waals surface area contributed by atoms with Crippen LogP contribution in [-0.4, -0.2) is 25.9 Å². The molecular formula is C12H11Br2N3O3S2. The van der Waals surface area contributed by atoms with Gasteiger partial charge in [-0.2, -0.15) is 0 Å². The highest BCUT2D eigenvalue weighted by molar-refractivity contribution is 9.11. The minimum absolute atomic E-state index is 0.00149. The molecule has 0 aliphatic heterocycles. The topological polar surface area (TPSA) is 88.2 Å². The second-order valence-corrected chi connectivity index (χ2v) is 8.51. The minimum Gasteiger partial charge on any atom is -0.302 e. The van der Waals surface area contributed by atoms with Crippen LogP contribution in [0.2, 0.25) is 0 Å². The summed E-state index contributed by atoms with van der Waals surface area (Å²) in [7, 11) is -3.69. The quantitative estimate of drug-likeness (QED) is 0.682. The second-order valence-electron chi connectivity index (χ2n) is 4.11. The highest BCUT2D eigenvalue weighted by Crippen LogP contribution is 2.25. The van der Waals surface area contributed by atoms with Crippen molar-refractivity contribution >= 4 is 64.3 Å². The molecule has 2 aromatic rings. The average Bonchev–Trinajstić information content (AvgIpc) is 2.94. The van der Waals surface area contributed by atoms with Crippen molar-refractivity contribution in [3.05, 3.63) is 38.7 Å². The van der Waals surface area contributed by atoms with Crippen molar-refractivity contribution in [3.8, 4) is 0 Å². The van der Waals surface area contributed by atoms with Gasteiger partial charge in [0.2, 0.25) is 15.9 Å². The first-order valence-corrected chi connectivity index (χ1v) is 9.97. The van der Waals surface area contributed by atoms with Crippen LogP contribution in [0.15, 0.2) is 43.6 Å². The van der Waals surface area contributed by atoms with Gasteiger partial charge in [-0.15, -0.1) is 11.3 Å². The fourth-order valence-corrected chi connectivity index (χ4v) is 4.60. The lowest BCUT2D eigenvalue weighted by molar-refractivity contribution is -0.116. The SMILES string of the molecule is O=C(CCNS(=O)(=O)c1cc(Br)ccc1Br)Nc1nccs1. The van der Waals surface area contributed by atoms with Gasteiger partial charge in [-0.1, -0.05) is 15.9 Å². The van der Waals surface area contributed by atoms with Gasteiger partial charge in [0.1, 0.15) is 0 Å². The third-order valence-electron chi connectivity index (χ3n) is 2.51. The maximum atomic E-state index is 12.2. The minimum atomic E-state index is -3.69. The number of sulfonamides is 1. The first-order valence-electron chi connectivity index (χ1n) is 6.02. The number of anilines is 1. The van der Waals surface area contributed by atoms with E-state index in [9.17, 15) is 13.2 Å². The van der Waals surface area contributed by atoms with Gasteiger partial charge < -0.3 is 5.32 Å². The Kier molecular flexibility index (Phi) is 6.09. The van der Waals surface area contributed by atoms with Gasteiger partial charge in [-0.25, -0.2) is 18.1 Å². The van der Waals surface area contributed by atoms with Crippen molar-refractivity contribution in [2.24, 2.45) is 0 Å². The number of rotatable bonds is 6. The molecule has 1 heterocycles. The number of nitrogens with one attached hydrogen (secondary N) is 2. The van der Waals surface area contributed by atoms with Gasteiger partial charge in [0.15, 0.2) is 5.13 Å². The molecule has 1 amide bonds. The number of amides is 1. The van der Waals surface area contributed by atoms with Crippen LogP contribution >= 0.6 is 43.2 Å². The zero-order chi connectivity index (χ0) is 16.2. The molecule has 0 radical (unpaired) electrons. The Morgan fingerprint density at radius 1 is 1.32 bits per heavy atom. The van der Waals surface area contributed by atoms with Crippen molar-refractivity contribution in [1.29, 1.82) is 0 Å². The van der Waals surface area contributed by atoms with Crippen molar-refractivity contribution in [2.75, 3.05) is 11.9 Å². The summed E-state index contributed by atoms with van der Waals surface area (Å²) in [5, 5.41) is 4.81. The second kappa shape index (κ2) is 7.64. The van der Waals surface area contributed by atoms with Crippen LogP contribution < -0.4 is 10.0 Å². The number of hydrogen-bond donors (Lipinski definition) is 2. The predicted octanol–water partition coefficient (Wildman–Crippen LogP) is 2.98. The highest BCUT2D eigenvalue weighted by Gasteiger charge is 2.18. The fourth-order valence-electron chi connectivity index (χ4n) is 1.53. The van der Waals surface area contributed by atoms with Crippen molar-refractivity contribution in [3.63, 3.8) is 0 Å². The Hall–Kier alpha value is -0.810. The first kappa shape index (κ1) is 17.5. The molecule has 2 rings (SSSR count). The normalized spacial score (nSPS) is 11.4. The monoisotopic (exact) mass is 467 g/mol. The summed E-state index contributed by atoms with van der Waals surface area (Å²) in [6.45, 7) is -0.00149. The van der Waals surface area contributed by atoms with Crippen LogP contribution in [0.3, 0.4) is 0 Å². The van der Waals surface area contributed by atoms with Gasteiger partial charge in [0.25, 0.3) is 0 Å². The summed E-state index contributed by atoms with van der Waals surface area (Å²) in [6, 6.07) is 4.85. The predicted molar refractivity (Wildman–Crippen MR) is 92.4 cm³/mol. The lowest BCUT2D eigenvalue weighted by Crippen LogP contribution is -2.28. The molecule has 0 aliphatic carbocycles. The summed E-state index contributed by atoms with van der Waals surface area (Å²) in [4.78, 5) is 15.7. The third kappa shape index (κ3) is 4.85. The van der Waals surface area contributed by atoms with Crippen LogP contribution in [0, 0.1) is 0 Å². The molecule has 0 spiro atoms. The van der Waals surface area contributed by atoms with E-state index in [0.717, 1.165) is 0 Å². The molecule has 0 saturated heterocycles. The van der Waals surface area contributed by atoms with Crippen LogP contribution in [0.5, 0.6) is 0 Å². The molecule has 6 nitrogen and oxygen atoms in total. The highest BCUT2D eigenvalue weighted by atomic mass is 79.9.